The van der Waals surface area contributed by atoms with Crippen LogP contribution >= 0.6 is 11.3 Å². The number of aromatic amines is 3. The van der Waals surface area contributed by atoms with Crippen LogP contribution in [-0.4, -0.2) is 43.0 Å². The van der Waals surface area contributed by atoms with E-state index in [1.807, 2.05) is 37.3 Å². The number of para-hydroxylation sites is 1. The Kier molecular flexibility index (Phi) is 5.73. The van der Waals surface area contributed by atoms with E-state index in [1.165, 1.54) is 11.3 Å². The fourth-order valence-corrected chi connectivity index (χ4v) is 5.31. The fourth-order valence-electron chi connectivity index (χ4n) is 4.33. The van der Waals surface area contributed by atoms with Crippen molar-refractivity contribution in [3.63, 3.8) is 0 Å². The largest absolute Gasteiger partial charge is 0.480 e. The van der Waals surface area contributed by atoms with Gasteiger partial charge in [0.05, 0.1) is 10.3 Å². The normalized spacial score (nSPS) is 13.2. The highest BCUT2D eigenvalue weighted by Gasteiger charge is 2.24. The van der Waals surface area contributed by atoms with Gasteiger partial charge in [0.15, 0.2) is 0 Å². The second-order valence-corrected chi connectivity index (χ2v) is 9.59. The molecular formula is C25H23N5O4S. The van der Waals surface area contributed by atoms with E-state index in [9.17, 15) is 19.5 Å². The molecule has 1 aromatic carbocycles. The lowest BCUT2D eigenvalue weighted by Gasteiger charge is -2.13. The lowest BCUT2D eigenvalue weighted by Crippen LogP contribution is -2.42. The van der Waals surface area contributed by atoms with Gasteiger partial charge in [-0.05, 0) is 36.2 Å². The molecule has 0 aliphatic rings. The number of nitrogens with one attached hydrogen (secondary N) is 4. The first-order valence-corrected chi connectivity index (χ1v) is 11.9. The summed E-state index contributed by atoms with van der Waals surface area (Å²) in [4.78, 5) is 51.9. The minimum atomic E-state index is -1.10. The molecule has 0 fully saturated rings. The minimum absolute atomic E-state index is 0.157. The average Bonchev–Trinajstić information content (AvgIpc) is 3.56. The Morgan fingerprint density at radius 2 is 1.94 bits per heavy atom. The van der Waals surface area contributed by atoms with Crippen molar-refractivity contribution in [2.24, 2.45) is 0 Å². The first kappa shape index (κ1) is 22.6. The van der Waals surface area contributed by atoms with Gasteiger partial charge in [0.25, 0.3) is 11.5 Å². The third kappa shape index (κ3) is 4.24. The molecule has 2 atom stereocenters. The highest BCUT2D eigenvalue weighted by Crippen LogP contribution is 2.33. The maximum Gasteiger partial charge on any atom is 0.326 e. The summed E-state index contributed by atoms with van der Waals surface area (Å²) in [5.74, 6) is -1.19. The molecule has 0 saturated heterocycles. The number of carboxylic acid groups (broad SMARTS) is 1. The number of thiophene rings is 1. The molecule has 10 heteroatoms. The van der Waals surface area contributed by atoms with Crippen LogP contribution < -0.4 is 10.9 Å². The Balaban J connectivity index is 1.35. The van der Waals surface area contributed by atoms with Gasteiger partial charge in [-0.3, -0.25) is 9.59 Å². The van der Waals surface area contributed by atoms with E-state index in [1.54, 1.807) is 25.4 Å². The van der Waals surface area contributed by atoms with Crippen molar-refractivity contribution in [3.8, 4) is 0 Å². The predicted octanol–water partition coefficient (Wildman–Crippen LogP) is 3.68. The predicted molar refractivity (Wildman–Crippen MR) is 134 cm³/mol. The van der Waals surface area contributed by atoms with E-state index in [0.717, 1.165) is 26.9 Å². The molecule has 0 radical (unpaired) electrons. The van der Waals surface area contributed by atoms with Gasteiger partial charge in [0.1, 0.15) is 17.5 Å². The monoisotopic (exact) mass is 489 g/mol. The first-order valence-electron chi connectivity index (χ1n) is 11.1. The number of hydrogen-bond donors (Lipinski definition) is 5. The van der Waals surface area contributed by atoms with Gasteiger partial charge in [0, 0.05) is 40.5 Å². The summed E-state index contributed by atoms with van der Waals surface area (Å²) in [6.07, 6.45) is 3.69. The number of amides is 1. The number of fused-ring (bicyclic) bond motifs is 2. The molecule has 0 saturated carbocycles. The van der Waals surface area contributed by atoms with Gasteiger partial charge in [-0.2, -0.15) is 0 Å². The zero-order valence-corrected chi connectivity index (χ0v) is 19.8. The number of aryl methyl sites for hydroxylation is 1. The zero-order chi connectivity index (χ0) is 24.7. The van der Waals surface area contributed by atoms with Crippen LogP contribution in [0.5, 0.6) is 0 Å². The van der Waals surface area contributed by atoms with Crippen molar-refractivity contribution >= 4 is 45.1 Å². The van der Waals surface area contributed by atoms with Gasteiger partial charge in [-0.15, -0.1) is 11.3 Å². The van der Waals surface area contributed by atoms with Crippen LogP contribution in [0.25, 0.3) is 21.9 Å². The van der Waals surface area contributed by atoms with Crippen molar-refractivity contribution in [1.29, 1.82) is 0 Å². The van der Waals surface area contributed by atoms with Gasteiger partial charge >= 0.3 is 5.97 Å². The van der Waals surface area contributed by atoms with Gasteiger partial charge < -0.3 is 25.4 Å². The van der Waals surface area contributed by atoms with E-state index < -0.39 is 17.9 Å². The van der Waals surface area contributed by atoms with Crippen molar-refractivity contribution in [3.05, 3.63) is 85.9 Å². The molecule has 1 amide bonds. The topological polar surface area (TPSA) is 144 Å². The average molecular weight is 490 g/mol. The second kappa shape index (κ2) is 8.88. The molecule has 9 nitrogen and oxygen atoms in total. The van der Waals surface area contributed by atoms with Crippen molar-refractivity contribution in [2.75, 3.05) is 0 Å². The minimum Gasteiger partial charge on any atom is -0.480 e. The lowest BCUT2D eigenvalue weighted by atomic mass is 10.0. The summed E-state index contributed by atoms with van der Waals surface area (Å²) >= 11 is 1.27. The summed E-state index contributed by atoms with van der Waals surface area (Å²) in [6, 6.07) is 10.1. The number of H-pyrrole nitrogens is 3. The van der Waals surface area contributed by atoms with Crippen LogP contribution in [0.4, 0.5) is 0 Å². The molecule has 0 aliphatic heterocycles. The summed E-state index contributed by atoms with van der Waals surface area (Å²) in [6.45, 7) is 3.67. The number of carboxylic acids is 1. The summed E-state index contributed by atoms with van der Waals surface area (Å²) < 4.78 is 0. The number of aromatic nitrogens is 4. The van der Waals surface area contributed by atoms with Crippen molar-refractivity contribution in [1.82, 2.24) is 25.3 Å². The van der Waals surface area contributed by atoms with Gasteiger partial charge in [-0.25, -0.2) is 9.78 Å². The summed E-state index contributed by atoms with van der Waals surface area (Å²) in [5.41, 5.74) is 2.82. The highest BCUT2D eigenvalue weighted by molar-refractivity contribution is 7.14. The molecule has 5 rings (SSSR count). The van der Waals surface area contributed by atoms with Crippen LogP contribution in [0.3, 0.4) is 0 Å². The Labute approximate surface area is 203 Å². The maximum absolute atomic E-state index is 12.9. The quantitative estimate of drug-likeness (QED) is 0.237. The highest BCUT2D eigenvalue weighted by atomic mass is 32.1. The summed E-state index contributed by atoms with van der Waals surface area (Å²) in [5, 5.41) is 13.8. The number of carbonyl (C=O) groups excluding carboxylic acids is 1. The molecule has 35 heavy (non-hydrogen) atoms. The molecule has 5 aromatic rings. The molecule has 178 valence electrons. The van der Waals surface area contributed by atoms with Crippen LogP contribution in [0.2, 0.25) is 0 Å². The molecule has 0 spiro atoms. The third-order valence-electron chi connectivity index (χ3n) is 6.14. The van der Waals surface area contributed by atoms with E-state index in [-0.39, 0.29) is 17.9 Å². The molecule has 5 N–H and O–H groups in total. The van der Waals surface area contributed by atoms with E-state index in [2.05, 4.69) is 25.3 Å². The molecule has 0 bridgehead atoms. The number of rotatable bonds is 7. The molecule has 0 aliphatic carbocycles. The van der Waals surface area contributed by atoms with Crippen molar-refractivity contribution in [2.45, 2.75) is 32.2 Å². The number of hydrogen-bond acceptors (Lipinski definition) is 5. The van der Waals surface area contributed by atoms with Crippen LogP contribution in [0.1, 0.15) is 44.3 Å². The Morgan fingerprint density at radius 3 is 2.74 bits per heavy atom. The zero-order valence-electron chi connectivity index (χ0n) is 19.0. The molecular weight excluding hydrogens is 466 g/mol. The van der Waals surface area contributed by atoms with Crippen molar-refractivity contribution < 1.29 is 14.7 Å². The number of benzene rings is 1. The standard InChI is InChI=1S/C25H23N5O4S/c1-12(16-11-27-22-21(16)24(32)29-13(2)28-22)19-7-8-20(35-19)23(31)30-18(25(33)34)9-14-10-26-17-6-4-3-5-15(14)17/h3-8,10-12,18,26H,9H2,1-2H3,(H,30,31)(H,33,34)(H2,27,28,29,32)/t12?,18-/m0/s1. The van der Waals surface area contributed by atoms with Crippen LogP contribution in [0, 0.1) is 6.92 Å². The Bertz CT molecular complexity index is 1630. The lowest BCUT2D eigenvalue weighted by molar-refractivity contribution is -0.139. The van der Waals surface area contributed by atoms with E-state index in [4.69, 9.17) is 0 Å². The Morgan fingerprint density at radius 1 is 1.14 bits per heavy atom. The SMILES string of the molecule is Cc1nc2[nH]cc(C(C)c3ccc(C(=O)N[C@@H](Cc4c[nH]c5ccccc45)C(=O)O)s3)c2c(=O)[nH]1. The second-order valence-electron chi connectivity index (χ2n) is 8.47. The van der Waals surface area contributed by atoms with E-state index in [0.29, 0.717) is 21.7 Å². The Hall–Kier alpha value is -4.18. The molecule has 1 unspecified atom stereocenters. The third-order valence-corrected chi connectivity index (χ3v) is 7.40. The van der Waals surface area contributed by atoms with Gasteiger partial charge in [-0.1, -0.05) is 25.1 Å². The number of carbonyl (C=O) groups is 2. The summed E-state index contributed by atoms with van der Waals surface area (Å²) in [7, 11) is 0. The molecule has 4 heterocycles. The number of nitrogens with zero attached hydrogens (tertiary/aromatic N) is 1. The smallest absolute Gasteiger partial charge is 0.326 e. The van der Waals surface area contributed by atoms with Crippen LogP contribution in [-0.2, 0) is 11.2 Å². The fraction of sp³-hybridized carbons (Fsp3) is 0.200. The first-order chi connectivity index (χ1) is 16.8. The maximum atomic E-state index is 12.9. The van der Waals surface area contributed by atoms with Gasteiger partial charge in [0.2, 0.25) is 0 Å². The molecule has 4 aromatic heterocycles. The van der Waals surface area contributed by atoms with Crippen LogP contribution in [0.15, 0.2) is 53.6 Å². The number of aliphatic carboxylic acids is 1. The van der Waals surface area contributed by atoms with E-state index >= 15 is 0 Å².